The van der Waals surface area contributed by atoms with E-state index >= 15 is 0 Å². The predicted octanol–water partition coefficient (Wildman–Crippen LogP) is 3.14. The summed E-state index contributed by atoms with van der Waals surface area (Å²) in [4.78, 5) is 20.4. The maximum absolute atomic E-state index is 13.3. The Balaban J connectivity index is 1.75. The number of hydrogen-bond donors (Lipinski definition) is 1. The summed E-state index contributed by atoms with van der Waals surface area (Å²) in [7, 11) is 0. The molecule has 2 aromatic heterocycles. The Labute approximate surface area is 149 Å². The molecule has 0 amide bonds. The van der Waals surface area contributed by atoms with Gasteiger partial charge in [-0.3, -0.25) is 0 Å². The van der Waals surface area contributed by atoms with Gasteiger partial charge in [-0.25, -0.2) is 23.2 Å². The SMILES string of the molecule is CCOC(=O)c1ccn(-c2nc(C)cc(NC3CCC(F)(F)CC3)n2)n1. The van der Waals surface area contributed by atoms with Gasteiger partial charge in [0, 0.05) is 36.8 Å². The van der Waals surface area contributed by atoms with Crippen molar-refractivity contribution in [3.8, 4) is 5.95 Å². The maximum atomic E-state index is 13.3. The first-order chi connectivity index (χ1) is 12.4. The van der Waals surface area contributed by atoms with Crippen molar-refractivity contribution in [3.05, 3.63) is 29.7 Å². The van der Waals surface area contributed by atoms with Crippen LogP contribution in [0.5, 0.6) is 0 Å². The zero-order valence-corrected chi connectivity index (χ0v) is 14.7. The predicted molar refractivity (Wildman–Crippen MR) is 90.7 cm³/mol. The summed E-state index contributed by atoms with van der Waals surface area (Å²) in [5.74, 6) is -2.23. The summed E-state index contributed by atoms with van der Waals surface area (Å²) < 4.78 is 32.9. The highest BCUT2D eigenvalue weighted by Gasteiger charge is 2.35. The molecule has 3 rings (SSSR count). The van der Waals surface area contributed by atoms with Gasteiger partial charge in [0.15, 0.2) is 5.69 Å². The van der Waals surface area contributed by atoms with Crippen LogP contribution in [0.2, 0.25) is 0 Å². The van der Waals surface area contributed by atoms with Crippen LogP contribution >= 0.6 is 0 Å². The second-order valence-electron chi connectivity index (χ2n) is 6.34. The van der Waals surface area contributed by atoms with E-state index in [0.29, 0.717) is 30.3 Å². The molecule has 1 saturated carbocycles. The number of ether oxygens (including phenoxy) is 1. The zero-order valence-electron chi connectivity index (χ0n) is 14.7. The molecule has 9 heteroatoms. The Morgan fingerprint density at radius 3 is 2.81 bits per heavy atom. The topological polar surface area (TPSA) is 81.9 Å². The van der Waals surface area contributed by atoms with Crippen LogP contribution in [0.1, 0.15) is 48.8 Å². The summed E-state index contributed by atoms with van der Waals surface area (Å²) in [6.07, 6.45) is 2.11. The van der Waals surface area contributed by atoms with E-state index in [1.165, 1.54) is 10.7 Å². The third-order valence-corrected chi connectivity index (χ3v) is 4.19. The van der Waals surface area contributed by atoms with Crippen molar-refractivity contribution in [2.24, 2.45) is 0 Å². The average molecular weight is 365 g/mol. The highest BCUT2D eigenvalue weighted by atomic mass is 19.3. The van der Waals surface area contributed by atoms with Crippen LogP contribution in [-0.4, -0.2) is 44.3 Å². The van der Waals surface area contributed by atoms with Crippen LogP contribution < -0.4 is 5.32 Å². The molecule has 1 aliphatic carbocycles. The number of rotatable bonds is 5. The fourth-order valence-electron chi connectivity index (χ4n) is 2.87. The number of alkyl halides is 2. The molecule has 0 spiro atoms. The molecule has 140 valence electrons. The van der Waals surface area contributed by atoms with Crippen LogP contribution in [0.3, 0.4) is 0 Å². The highest BCUT2D eigenvalue weighted by molar-refractivity contribution is 5.87. The lowest BCUT2D eigenvalue weighted by molar-refractivity contribution is -0.0361. The quantitative estimate of drug-likeness (QED) is 0.820. The minimum Gasteiger partial charge on any atom is -0.461 e. The third-order valence-electron chi connectivity index (χ3n) is 4.19. The molecule has 2 aromatic rings. The van der Waals surface area contributed by atoms with Gasteiger partial charge < -0.3 is 10.1 Å². The average Bonchev–Trinajstić information content (AvgIpc) is 3.07. The van der Waals surface area contributed by atoms with Crippen LogP contribution in [0.4, 0.5) is 14.6 Å². The second-order valence-corrected chi connectivity index (χ2v) is 6.34. The Morgan fingerprint density at radius 1 is 1.38 bits per heavy atom. The Bertz CT molecular complexity index is 783. The van der Waals surface area contributed by atoms with Gasteiger partial charge >= 0.3 is 5.97 Å². The summed E-state index contributed by atoms with van der Waals surface area (Å²) in [5.41, 5.74) is 0.868. The number of esters is 1. The first-order valence-electron chi connectivity index (χ1n) is 8.59. The van der Waals surface area contributed by atoms with E-state index in [-0.39, 0.29) is 31.2 Å². The van der Waals surface area contributed by atoms with Gasteiger partial charge in [-0.1, -0.05) is 0 Å². The molecule has 7 nitrogen and oxygen atoms in total. The minimum absolute atomic E-state index is 0.0514. The van der Waals surface area contributed by atoms with Crippen molar-refractivity contribution < 1.29 is 18.3 Å². The monoisotopic (exact) mass is 365 g/mol. The van der Waals surface area contributed by atoms with Crippen LogP contribution in [0, 0.1) is 6.92 Å². The third kappa shape index (κ3) is 4.33. The van der Waals surface area contributed by atoms with Gasteiger partial charge in [-0.2, -0.15) is 10.1 Å². The molecule has 0 aromatic carbocycles. The van der Waals surface area contributed by atoms with Crippen molar-refractivity contribution in [1.82, 2.24) is 19.7 Å². The maximum Gasteiger partial charge on any atom is 0.358 e. The number of aryl methyl sites for hydroxylation is 1. The number of aromatic nitrogens is 4. The van der Waals surface area contributed by atoms with E-state index in [2.05, 4.69) is 20.4 Å². The first kappa shape index (κ1) is 18.2. The molecule has 1 aliphatic rings. The van der Waals surface area contributed by atoms with Gasteiger partial charge in [0.05, 0.1) is 6.61 Å². The number of nitrogens with one attached hydrogen (secondary N) is 1. The summed E-state index contributed by atoms with van der Waals surface area (Å²) in [6.45, 7) is 3.79. The molecule has 0 aliphatic heterocycles. The summed E-state index contributed by atoms with van der Waals surface area (Å²) in [6, 6.07) is 3.23. The standard InChI is InChI=1S/C17H21F2N5O2/c1-3-26-15(25)13-6-9-24(23-13)16-20-11(2)10-14(22-16)21-12-4-7-17(18,19)8-5-12/h6,9-10,12H,3-5,7-8H2,1-2H3,(H,20,21,22). The van der Waals surface area contributed by atoms with Gasteiger partial charge in [-0.05, 0) is 32.8 Å². The number of nitrogens with zero attached hydrogens (tertiary/aromatic N) is 4. The van der Waals surface area contributed by atoms with E-state index in [1.807, 2.05) is 0 Å². The first-order valence-corrected chi connectivity index (χ1v) is 8.59. The molecule has 2 heterocycles. The molecule has 0 unspecified atom stereocenters. The minimum atomic E-state index is -2.57. The van der Waals surface area contributed by atoms with Gasteiger partial charge in [0.2, 0.25) is 5.92 Å². The van der Waals surface area contributed by atoms with Gasteiger partial charge in [-0.15, -0.1) is 0 Å². The van der Waals surface area contributed by atoms with Crippen molar-refractivity contribution in [3.63, 3.8) is 0 Å². The fourth-order valence-corrected chi connectivity index (χ4v) is 2.87. The van der Waals surface area contributed by atoms with Crippen molar-refractivity contribution >= 4 is 11.8 Å². The molecule has 26 heavy (non-hydrogen) atoms. The van der Waals surface area contributed by atoms with Crippen molar-refractivity contribution in [2.45, 2.75) is 51.5 Å². The van der Waals surface area contributed by atoms with Gasteiger partial charge in [0.25, 0.3) is 5.95 Å². The molecule has 0 saturated heterocycles. The highest BCUT2D eigenvalue weighted by Crippen LogP contribution is 2.34. The molecule has 0 atom stereocenters. The smallest absolute Gasteiger partial charge is 0.358 e. The van der Waals surface area contributed by atoms with Crippen LogP contribution in [0.25, 0.3) is 5.95 Å². The lowest BCUT2D eigenvalue weighted by Gasteiger charge is -2.29. The molecular formula is C17H21F2N5O2. The number of carbonyl (C=O) groups is 1. The van der Waals surface area contributed by atoms with E-state index in [1.54, 1.807) is 26.1 Å². The Hall–Kier alpha value is -2.58. The Morgan fingerprint density at radius 2 is 2.12 bits per heavy atom. The number of carbonyl (C=O) groups excluding carboxylic acids is 1. The molecule has 1 fully saturated rings. The van der Waals surface area contributed by atoms with E-state index in [0.717, 1.165) is 0 Å². The normalized spacial score (nSPS) is 17.1. The molecule has 1 N–H and O–H groups in total. The summed E-state index contributed by atoms with van der Waals surface area (Å²) >= 11 is 0. The molecule has 0 bridgehead atoms. The van der Waals surface area contributed by atoms with E-state index in [9.17, 15) is 13.6 Å². The van der Waals surface area contributed by atoms with Crippen molar-refractivity contribution in [2.75, 3.05) is 11.9 Å². The van der Waals surface area contributed by atoms with Crippen LogP contribution in [0.15, 0.2) is 18.3 Å². The zero-order chi connectivity index (χ0) is 18.7. The van der Waals surface area contributed by atoms with Crippen LogP contribution in [-0.2, 0) is 4.74 Å². The lowest BCUT2D eigenvalue weighted by atomic mass is 9.92. The summed E-state index contributed by atoms with van der Waals surface area (Å²) in [5, 5.41) is 7.34. The van der Waals surface area contributed by atoms with E-state index < -0.39 is 11.9 Å². The molecule has 0 radical (unpaired) electrons. The van der Waals surface area contributed by atoms with E-state index in [4.69, 9.17) is 4.74 Å². The number of anilines is 1. The Kier molecular flexibility index (Phi) is 5.15. The second kappa shape index (κ2) is 7.35. The fraction of sp³-hybridized carbons (Fsp3) is 0.529. The van der Waals surface area contributed by atoms with Gasteiger partial charge in [0.1, 0.15) is 5.82 Å². The molecular weight excluding hydrogens is 344 g/mol. The lowest BCUT2D eigenvalue weighted by Crippen LogP contribution is -2.32. The largest absolute Gasteiger partial charge is 0.461 e. The number of halogens is 2. The number of hydrogen-bond acceptors (Lipinski definition) is 6. The van der Waals surface area contributed by atoms with Crippen molar-refractivity contribution in [1.29, 1.82) is 0 Å².